The number of carbonyl (C=O) groups is 8. The van der Waals surface area contributed by atoms with Crippen molar-refractivity contribution in [1.29, 1.82) is 0 Å². The number of aliphatic hydroxyl groups excluding tert-OH is 1. The third-order valence-corrected chi connectivity index (χ3v) is 12.4. The molecule has 2 aliphatic rings. The van der Waals surface area contributed by atoms with Crippen LogP contribution in [0.1, 0.15) is 106 Å². The highest BCUT2D eigenvalue weighted by Gasteiger charge is 2.42. The molecule has 4 N–H and O–H groups in total. The van der Waals surface area contributed by atoms with E-state index in [2.05, 4.69) is 16.0 Å². The van der Waals surface area contributed by atoms with Gasteiger partial charge in [0.05, 0.1) is 12.5 Å². The average Bonchev–Trinajstić information content (AvgIpc) is 3.25. The number of hydrogen-bond donors (Lipinski definition) is 4. The highest BCUT2D eigenvalue weighted by Crippen LogP contribution is 2.21. The number of aliphatic hydroxyl groups is 1. The van der Waals surface area contributed by atoms with E-state index in [0.717, 1.165) is 24.2 Å². The zero-order chi connectivity index (χ0) is 48.2. The minimum atomic E-state index is -1.55. The molecule has 0 bridgehead atoms. The van der Waals surface area contributed by atoms with Crippen molar-refractivity contribution in [3.05, 3.63) is 35.9 Å². The third-order valence-electron chi connectivity index (χ3n) is 12.4. The lowest BCUT2D eigenvalue weighted by Gasteiger charge is -2.38. The van der Waals surface area contributed by atoms with E-state index in [9.17, 15) is 43.5 Å². The molecule has 0 aliphatic carbocycles. The fourth-order valence-corrected chi connectivity index (χ4v) is 8.29. The van der Waals surface area contributed by atoms with Crippen molar-refractivity contribution < 1.29 is 43.5 Å². The molecule has 358 valence electrons. The van der Waals surface area contributed by atoms with Crippen molar-refractivity contribution in [3.63, 3.8) is 0 Å². The van der Waals surface area contributed by atoms with Crippen molar-refractivity contribution in [2.45, 2.75) is 155 Å². The molecule has 0 saturated carbocycles. The standard InChI is InChI=1S/C47H76N8O9/c1-28(2)23-34-44(61)53(11)37(26-33-19-15-13-16-20-33)43(60)50-40(32(8)56)47(64)54(12)38(25-30(5)6)46(63)51(9)31(7)41(58)48-35(45(62)55-21-17-14-18-22-55)27-39(57)52(10)36(24-29(3)4)42(59)49-34/h13,15-16,19-20,28-32,34-38,40,56H,14,17-18,21-27H2,1-12H3,(H,48,58)(H,49,59)(H,50,60)/t31-,32+,34-,35?,36-,37-,38-,40-/m0/s1. The molecule has 2 saturated heterocycles. The maximum atomic E-state index is 14.7. The molecule has 2 heterocycles. The molecule has 1 unspecified atom stereocenters. The average molecular weight is 897 g/mol. The van der Waals surface area contributed by atoms with Crippen LogP contribution in [-0.2, 0) is 44.8 Å². The summed E-state index contributed by atoms with van der Waals surface area (Å²) in [5.74, 6) is -5.43. The Balaban J connectivity index is 2.25. The fraction of sp³-hybridized carbons (Fsp3) is 0.702. The van der Waals surface area contributed by atoms with E-state index < -0.39 is 102 Å². The lowest BCUT2D eigenvalue weighted by molar-refractivity contribution is -0.151. The summed E-state index contributed by atoms with van der Waals surface area (Å²) in [4.78, 5) is 121. The second kappa shape index (κ2) is 24.3. The summed E-state index contributed by atoms with van der Waals surface area (Å²) in [6, 6.07) is 0.299. The van der Waals surface area contributed by atoms with E-state index in [0.29, 0.717) is 18.7 Å². The van der Waals surface area contributed by atoms with Gasteiger partial charge in [-0.25, -0.2) is 0 Å². The summed E-state index contributed by atoms with van der Waals surface area (Å²) >= 11 is 0. The molecule has 0 spiro atoms. The van der Waals surface area contributed by atoms with Crippen LogP contribution in [0.3, 0.4) is 0 Å². The Morgan fingerprint density at radius 2 is 1.16 bits per heavy atom. The van der Waals surface area contributed by atoms with Crippen LogP contribution < -0.4 is 16.0 Å². The Hall–Kier alpha value is -5.06. The number of piperidine rings is 1. The minimum absolute atomic E-state index is 0.0115. The van der Waals surface area contributed by atoms with Crippen LogP contribution in [0, 0.1) is 17.8 Å². The van der Waals surface area contributed by atoms with Crippen molar-refractivity contribution in [2.24, 2.45) is 17.8 Å². The predicted molar refractivity (Wildman–Crippen MR) is 243 cm³/mol. The Bertz CT molecular complexity index is 1780. The number of likely N-dealkylation sites (tertiary alicyclic amines) is 1. The zero-order valence-corrected chi connectivity index (χ0v) is 40.3. The molecule has 3 rings (SSSR count). The molecule has 0 radical (unpaired) electrons. The molecular weight excluding hydrogens is 821 g/mol. The number of rotatable bonds is 10. The van der Waals surface area contributed by atoms with Crippen LogP contribution in [0.2, 0.25) is 0 Å². The van der Waals surface area contributed by atoms with Gasteiger partial charge in [0.1, 0.15) is 42.3 Å². The van der Waals surface area contributed by atoms with E-state index in [1.54, 1.807) is 29.2 Å². The lowest BCUT2D eigenvalue weighted by atomic mass is 9.97. The van der Waals surface area contributed by atoms with Gasteiger partial charge in [0.2, 0.25) is 47.3 Å². The van der Waals surface area contributed by atoms with Crippen molar-refractivity contribution in [3.8, 4) is 0 Å². The van der Waals surface area contributed by atoms with Crippen LogP contribution in [0.25, 0.3) is 0 Å². The second-order valence-corrected chi connectivity index (χ2v) is 19.1. The quantitative estimate of drug-likeness (QED) is 0.270. The SMILES string of the molecule is CC(C)C[C@@H]1NC(=O)[C@H](CC(C)C)N(C)C(=O)CC(C(=O)N2CCCCC2)NC(=O)[C@H](C)N(C)C(=O)[C@H](CC(C)C)N(C)C(=O)[C@H]([C@@H](C)O)NC(=O)[C@H](Cc2ccccc2)N(C)C1=O. The number of benzene rings is 1. The molecule has 8 atom stereocenters. The summed E-state index contributed by atoms with van der Waals surface area (Å²) < 4.78 is 0. The minimum Gasteiger partial charge on any atom is -0.391 e. The molecular formula is C47H76N8O9. The number of nitrogens with one attached hydrogen (secondary N) is 3. The monoisotopic (exact) mass is 897 g/mol. The predicted octanol–water partition coefficient (Wildman–Crippen LogP) is 1.95. The molecule has 2 aliphatic heterocycles. The summed E-state index contributed by atoms with van der Waals surface area (Å²) in [5, 5.41) is 19.4. The molecule has 1 aromatic carbocycles. The first kappa shape index (κ1) is 53.3. The Labute approximate surface area is 380 Å². The molecule has 2 fully saturated rings. The second-order valence-electron chi connectivity index (χ2n) is 19.1. The number of hydrogen-bond acceptors (Lipinski definition) is 9. The van der Waals surface area contributed by atoms with E-state index >= 15 is 0 Å². The number of carbonyl (C=O) groups excluding carboxylic acids is 8. The molecule has 17 heteroatoms. The summed E-state index contributed by atoms with van der Waals surface area (Å²) in [6.07, 6.45) is 1.07. The van der Waals surface area contributed by atoms with Crippen LogP contribution in [0.5, 0.6) is 0 Å². The van der Waals surface area contributed by atoms with Gasteiger partial charge in [0, 0.05) is 47.7 Å². The van der Waals surface area contributed by atoms with Crippen molar-refractivity contribution in [2.75, 3.05) is 41.3 Å². The van der Waals surface area contributed by atoms with Crippen LogP contribution in [0.15, 0.2) is 30.3 Å². The van der Waals surface area contributed by atoms with Crippen LogP contribution in [-0.4, -0.2) is 167 Å². The molecule has 0 aromatic heterocycles. The van der Waals surface area contributed by atoms with Gasteiger partial charge in [-0.1, -0.05) is 71.9 Å². The molecule has 8 amide bonds. The van der Waals surface area contributed by atoms with Gasteiger partial charge in [-0.15, -0.1) is 0 Å². The van der Waals surface area contributed by atoms with E-state index in [4.69, 9.17) is 0 Å². The summed E-state index contributed by atoms with van der Waals surface area (Å²) in [7, 11) is 5.71. The fourth-order valence-electron chi connectivity index (χ4n) is 8.29. The van der Waals surface area contributed by atoms with Gasteiger partial charge in [0.15, 0.2) is 0 Å². The first-order valence-corrected chi connectivity index (χ1v) is 22.9. The topological polar surface area (TPSA) is 209 Å². The van der Waals surface area contributed by atoms with Gasteiger partial charge >= 0.3 is 0 Å². The van der Waals surface area contributed by atoms with Crippen LogP contribution >= 0.6 is 0 Å². The van der Waals surface area contributed by atoms with Gasteiger partial charge in [-0.05, 0) is 75.7 Å². The van der Waals surface area contributed by atoms with E-state index in [1.165, 1.54) is 56.7 Å². The van der Waals surface area contributed by atoms with Gasteiger partial charge < -0.3 is 45.6 Å². The van der Waals surface area contributed by atoms with Gasteiger partial charge in [-0.3, -0.25) is 38.4 Å². The van der Waals surface area contributed by atoms with E-state index in [-0.39, 0.29) is 43.4 Å². The van der Waals surface area contributed by atoms with Crippen molar-refractivity contribution >= 4 is 47.3 Å². The maximum absolute atomic E-state index is 14.7. The third kappa shape index (κ3) is 14.5. The van der Waals surface area contributed by atoms with Crippen molar-refractivity contribution in [1.82, 2.24) is 40.4 Å². The number of amides is 8. The Morgan fingerprint density at radius 1 is 0.625 bits per heavy atom. The van der Waals surface area contributed by atoms with Gasteiger partial charge in [0.25, 0.3) is 0 Å². The molecule has 1 aromatic rings. The van der Waals surface area contributed by atoms with E-state index in [1.807, 2.05) is 47.6 Å². The number of nitrogens with zero attached hydrogens (tertiary/aromatic N) is 5. The largest absolute Gasteiger partial charge is 0.391 e. The van der Waals surface area contributed by atoms with Gasteiger partial charge in [-0.2, -0.15) is 0 Å². The molecule has 64 heavy (non-hydrogen) atoms. The number of likely N-dealkylation sites (N-methyl/N-ethyl adjacent to an activating group) is 4. The Morgan fingerprint density at radius 3 is 1.70 bits per heavy atom. The van der Waals surface area contributed by atoms with Crippen LogP contribution in [0.4, 0.5) is 0 Å². The lowest BCUT2D eigenvalue weighted by Crippen LogP contribution is -2.63. The smallest absolute Gasteiger partial charge is 0.248 e. The maximum Gasteiger partial charge on any atom is 0.248 e. The summed E-state index contributed by atoms with van der Waals surface area (Å²) in [6.45, 7) is 15.0. The summed E-state index contributed by atoms with van der Waals surface area (Å²) in [5.41, 5.74) is 0.697. The first-order chi connectivity index (χ1) is 30.0. The zero-order valence-electron chi connectivity index (χ0n) is 40.3. The molecule has 17 nitrogen and oxygen atoms in total. The first-order valence-electron chi connectivity index (χ1n) is 22.9. The normalized spacial score (nSPS) is 26.5. The highest BCUT2D eigenvalue weighted by atomic mass is 16.3. The highest BCUT2D eigenvalue weighted by molar-refractivity contribution is 5.99. The Kier molecular flexibility index (Phi) is 20.2.